The molecule has 298 valence electrons. The number of hydrogen-bond acceptors (Lipinski definition) is 9. The van der Waals surface area contributed by atoms with Crippen LogP contribution in [0.5, 0.6) is 0 Å². The lowest BCUT2D eigenvalue weighted by Gasteiger charge is -2.26. The SMILES string of the molecule is CCCCCCCCCCCC(CC(=O)O)OC(=O)C/C=C/CNC(=O)C(CC(=O)OC(C)(C)C)NC(=O)C(NC(=O)OCc1ccccc1)C(C)C. The number of benzene rings is 1. The van der Waals surface area contributed by atoms with Crippen molar-refractivity contribution in [3.05, 3.63) is 48.0 Å². The number of nitrogens with one attached hydrogen (secondary N) is 3. The summed E-state index contributed by atoms with van der Waals surface area (Å²) in [6, 6.07) is 6.61. The Kier molecular flexibility index (Phi) is 23.2. The van der Waals surface area contributed by atoms with Gasteiger partial charge in [0, 0.05) is 6.54 Å². The van der Waals surface area contributed by atoms with Crippen LogP contribution in [0.4, 0.5) is 4.79 Å². The van der Waals surface area contributed by atoms with Crippen molar-refractivity contribution in [2.75, 3.05) is 6.54 Å². The molecule has 0 aromatic heterocycles. The molecule has 1 rings (SSSR count). The number of alkyl carbamates (subject to hydrolysis) is 1. The van der Waals surface area contributed by atoms with Gasteiger partial charge in [-0.05, 0) is 45.1 Å². The molecule has 3 unspecified atom stereocenters. The van der Waals surface area contributed by atoms with E-state index in [4.69, 9.17) is 14.2 Å². The first-order chi connectivity index (χ1) is 25.1. The van der Waals surface area contributed by atoms with Gasteiger partial charge in [-0.3, -0.25) is 24.0 Å². The molecule has 0 fully saturated rings. The molecule has 1 aromatic rings. The van der Waals surface area contributed by atoms with Gasteiger partial charge in [0.2, 0.25) is 11.8 Å². The average molecular weight is 746 g/mol. The van der Waals surface area contributed by atoms with Crippen molar-refractivity contribution in [1.29, 1.82) is 0 Å². The maximum Gasteiger partial charge on any atom is 0.408 e. The molecule has 0 aliphatic carbocycles. The minimum atomic E-state index is -1.34. The number of amides is 3. The summed E-state index contributed by atoms with van der Waals surface area (Å²) in [5, 5.41) is 17.0. The molecular weight excluding hydrogens is 682 g/mol. The number of aliphatic carboxylic acids is 1. The second-order valence-electron chi connectivity index (χ2n) is 14.5. The number of unbranched alkanes of at least 4 members (excludes halogenated alkanes) is 8. The molecule has 0 spiro atoms. The molecule has 0 aliphatic heterocycles. The molecule has 3 amide bonds. The number of carbonyl (C=O) groups excluding carboxylic acids is 5. The third kappa shape index (κ3) is 23.7. The van der Waals surface area contributed by atoms with E-state index in [0.29, 0.717) is 6.42 Å². The lowest BCUT2D eigenvalue weighted by molar-refractivity contribution is -0.157. The van der Waals surface area contributed by atoms with Crippen LogP contribution in [-0.2, 0) is 44.8 Å². The fourth-order valence-electron chi connectivity index (χ4n) is 5.31. The normalized spacial score (nSPS) is 13.1. The van der Waals surface area contributed by atoms with E-state index in [1.165, 1.54) is 44.3 Å². The molecule has 4 N–H and O–H groups in total. The summed E-state index contributed by atoms with van der Waals surface area (Å²) in [5.41, 5.74) is -0.0685. The molecule has 0 heterocycles. The van der Waals surface area contributed by atoms with Gasteiger partial charge in [-0.2, -0.15) is 0 Å². The summed E-state index contributed by atoms with van der Waals surface area (Å²) < 4.78 is 16.1. The largest absolute Gasteiger partial charge is 0.481 e. The smallest absolute Gasteiger partial charge is 0.408 e. The van der Waals surface area contributed by atoms with Gasteiger partial charge in [0.15, 0.2) is 0 Å². The number of rotatable bonds is 26. The summed E-state index contributed by atoms with van der Waals surface area (Å²) >= 11 is 0. The molecule has 1 aromatic carbocycles. The summed E-state index contributed by atoms with van der Waals surface area (Å²) in [7, 11) is 0. The van der Waals surface area contributed by atoms with Crippen LogP contribution < -0.4 is 16.0 Å². The van der Waals surface area contributed by atoms with Gasteiger partial charge >= 0.3 is 24.0 Å². The van der Waals surface area contributed by atoms with Crippen LogP contribution in [0.1, 0.15) is 131 Å². The summed E-state index contributed by atoms with van der Waals surface area (Å²) in [6.07, 6.45) is 11.2. The minimum Gasteiger partial charge on any atom is -0.481 e. The van der Waals surface area contributed by atoms with Crippen molar-refractivity contribution < 1.29 is 48.1 Å². The molecule has 13 nitrogen and oxygen atoms in total. The van der Waals surface area contributed by atoms with E-state index in [9.17, 15) is 33.9 Å². The Morgan fingerprint density at radius 1 is 0.792 bits per heavy atom. The van der Waals surface area contributed by atoms with E-state index in [1.54, 1.807) is 58.9 Å². The molecule has 0 bridgehead atoms. The van der Waals surface area contributed by atoms with Crippen LogP contribution in [0.3, 0.4) is 0 Å². The van der Waals surface area contributed by atoms with E-state index in [0.717, 1.165) is 31.2 Å². The van der Waals surface area contributed by atoms with E-state index in [1.807, 2.05) is 6.07 Å². The van der Waals surface area contributed by atoms with Gasteiger partial charge in [0.05, 0.1) is 19.3 Å². The van der Waals surface area contributed by atoms with Crippen LogP contribution in [0.2, 0.25) is 0 Å². The summed E-state index contributed by atoms with van der Waals surface area (Å²) in [4.78, 5) is 75.5. The van der Waals surface area contributed by atoms with Crippen LogP contribution in [0.15, 0.2) is 42.5 Å². The quantitative estimate of drug-likeness (QED) is 0.0352. The Balaban J connectivity index is 2.71. The third-order valence-corrected chi connectivity index (χ3v) is 8.03. The predicted octanol–water partition coefficient (Wildman–Crippen LogP) is 6.52. The maximum atomic E-state index is 13.3. The van der Waals surface area contributed by atoms with E-state index >= 15 is 0 Å². The Morgan fingerprint density at radius 2 is 1.42 bits per heavy atom. The van der Waals surface area contributed by atoms with Crippen LogP contribution >= 0.6 is 0 Å². The lowest BCUT2D eigenvalue weighted by atomic mass is 10.0. The van der Waals surface area contributed by atoms with Crippen molar-refractivity contribution >= 4 is 35.8 Å². The lowest BCUT2D eigenvalue weighted by Crippen LogP contribution is -2.56. The number of hydrogen-bond donors (Lipinski definition) is 4. The standard InChI is InChI=1S/C40H63N3O10/c1-7-8-9-10-11-12-13-14-18-23-31(26-33(44)45)52-34(46)24-19-20-25-41-37(48)32(27-35(47)53-40(4,5)6)42-38(49)36(29(2)3)43-39(50)51-28-30-21-16-15-17-22-30/h15-17,19-22,29,31-32,36H,7-14,18,23-28H2,1-6H3,(H,41,48)(H,42,49)(H,43,50)(H,44,45)/b20-19+. The molecule has 0 radical (unpaired) electrons. The molecule has 13 heteroatoms. The fraction of sp³-hybridized carbons (Fsp3) is 0.650. The van der Waals surface area contributed by atoms with E-state index < -0.39 is 71.9 Å². The number of ether oxygens (including phenoxy) is 3. The molecule has 3 atom stereocenters. The van der Waals surface area contributed by atoms with Crippen molar-refractivity contribution in [2.45, 2.75) is 155 Å². The maximum absolute atomic E-state index is 13.3. The summed E-state index contributed by atoms with van der Waals surface area (Å²) in [6.45, 7) is 10.6. The molecule has 0 saturated carbocycles. The molecule has 0 saturated heterocycles. The Labute approximate surface area is 315 Å². The van der Waals surface area contributed by atoms with Crippen LogP contribution in [-0.4, -0.2) is 71.3 Å². The van der Waals surface area contributed by atoms with Gasteiger partial charge < -0.3 is 35.3 Å². The predicted molar refractivity (Wildman–Crippen MR) is 202 cm³/mol. The minimum absolute atomic E-state index is 0.00368. The highest BCUT2D eigenvalue weighted by Gasteiger charge is 2.31. The Bertz CT molecular complexity index is 1290. The topological polar surface area (TPSA) is 186 Å². The highest BCUT2D eigenvalue weighted by Crippen LogP contribution is 2.15. The second-order valence-corrected chi connectivity index (χ2v) is 14.5. The second kappa shape index (κ2) is 26.4. The highest BCUT2D eigenvalue weighted by atomic mass is 16.6. The first-order valence-corrected chi connectivity index (χ1v) is 18.9. The monoisotopic (exact) mass is 745 g/mol. The number of carboxylic acid groups (broad SMARTS) is 1. The number of carboxylic acids is 1. The first-order valence-electron chi connectivity index (χ1n) is 18.9. The van der Waals surface area contributed by atoms with Gasteiger partial charge in [-0.1, -0.05) is 115 Å². The zero-order valence-electron chi connectivity index (χ0n) is 32.6. The van der Waals surface area contributed by atoms with Gasteiger partial charge in [-0.25, -0.2) is 4.79 Å². The number of esters is 2. The summed E-state index contributed by atoms with van der Waals surface area (Å²) in [5.74, 6) is -4.12. The van der Waals surface area contributed by atoms with Crippen molar-refractivity contribution in [2.24, 2.45) is 5.92 Å². The highest BCUT2D eigenvalue weighted by molar-refractivity contribution is 5.93. The average Bonchev–Trinajstić information content (AvgIpc) is 3.07. The van der Waals surface area contributed by atoms with Crippen molar-refractivity contribution in [3.63, 3.8) is 0 Å². The van der Waals surface area contributed by atoms with E-state index in [-0.39, 0.29) is 26.0 Å². The van der Waals surface area contributed by atoms with Crippen molar-refractivity contribution in [1.82, 2.24) is 16.0 Å². The Hall–Kier alpha value is -4.42. The first kappa shape index (κ1) is 46.6. The number of carbonyl (C=O) groups is 6. The van der Waals surface area contributed by atoms with Crippen molar-refractivity contribution in [3.8, 4) is 0 Å². The van der Waals surface area contributed by atoms with Gasteiger partial charge in [0.1, 0.15) is 30.4 Å². The van der Waals surface area contributed by atoms with Crippen LogP contribution in [0.25, 0.3) is 0 Å². The molecule has 53 heavy (non-hydrogen) atoms. The molecule has 0 aliphatic rings. The molecular formula is C40H63N3O10. The van der Waals surface area contributed by atoms with E-state index in [2.05, 4.69) is 22.9 Å². The van der Waals surface area contributed by atoms with Gasteiger partial charge in [-0.15, -0.1) is 0 Å². The van der Waals surface area contributed by atoms with Crippen LogP contribution in [0, 0.1) is 5.92 Å². The Morgan fingerprint density at radius 3 is 2.00 bits per heavy atom. The van der Waals surface area contributed by atoms with Gasteiger partial charge in [0.25, 0.3) is 0 Å². The fourth-order valence-corrected chi connectivity index (χ4v) is 5.31. The zero-order chi connectivity index (χ0) is 39.6. The zero-order valence-corrected chi connectivity index (χ0v) is 32.6. The third-order valence-electron chi connectivity index (χ3n) is 8.03.